The molecule has 3 rings (SSSR count). The predicted octanol–water partition coefficient (Wildman–Crippen LogP) is 5.66. The third-order valence-corrected chi connectivity index (χ3v) is 8.26. The minimum Gasteiger partial charge on any atom is -0.0881 e. The number of hydrogen-bond acceptors (Lipinski definition) is 0. The van der Waals surface area contributed by atoms with E-state index in [0.717, 1.165) is 5.92 Å². The molecule has 3 aliphatic carbocycles. The zero-order valence-electron chi connectivity index (χ0n) is 11.2. The summed E-state index contributed by atoms with van der Waals surface area (Å²) in [5.41, 5.74) is 2.97. The van der Waals surface area contributed by atoms with Gasteiger partial charge < -0.3 is 0 Å². The molecule has 0 heterocycles. The number of allylic oxidation sites excluding steroid dienone is 2. The van der Waals surface area contributed by atoms with Crippen LogP contribution in [0.1, 0.15) is 53.4 Å². The average Bonchev–Trinajstić information content (AvgIpc) is 2.56. The Kier molecular flexibility index (Phi) is 2.56. The maximum atomic E-state index is 4.04. The molecule has 0 aromatic heterocycles. The minimum absolute atomic E-state index is 0.384. The van der Waals surface area contributed by atoms with Crippen molar-refractivity contribution in [3.05, 3.63) is 10.1 Å². The van der Waals surface area contributed by atoms with Gasteiger partial charge in [0.25, 0.3) is 0 Å². The molecule has 2 bridgehead atoms. The van der Waals surface area contributed by atoms with E-state index in [9.17, 15) is 0 Å². The molecule has 17 heavy (non-hydrogen) atoms. The molecule has 0 aromatic rings. The fourth-order valence-electron chi connectivity index (χ4n) is 5.15. The predicted molar refractivity (Wildman–Crippen MR) is 80.6 cm³/mol. The highest BCUT2D eigenvalue weighted by Gasteiger charge is 2.68. The van der Waals surface area contributed by atoms with E-state index in [1.807, 2.05) is 0 Å². The summed E-state index contributed by atoms with van der Waals surface area (Å²) in [5, 5.41) is 0. The van der Waals surface area contributed by atoms with Crippen LogP contribution in [0.2, 0.25) is 0 Å². The van der Waals surface area contributed by atoms with Gasteiger partial charge in [0.1, 0.15) is 0 Å². The van der Waals surface area contributed by atoms with Crippen LogP contribution in [0.3, 0.4) is 0 Å². The van der Waals surface area contributed by atoms with Crippen molar-refractivity contribution in [2.75, 3.05) is 0 Å². The van der Waals surface area contributed by atoms with Crippen molar-refractivity contribution >= 4 is 31.9 Å². The van der Waals surface area contributed by atoms with Gasteiger partial charge in [-0.25, -0.2) is 0 Å². The maximum Gasteiger partial charge on any atom is 0.0245 e. The van der Waals surface area contributed by atoms with E-state index in [1.54, 1.807) is 10.1 Å². The first kappa shape index (κ1) is 12.7. The van der Waals surface area contributed by atoms with Crippen molar-refractivity contribution in [3.63, 3.8) is 0 Å². The lowest BCUT2D eigenvalue weighted by Crippen LogP contribution is -2.48. The zero-order chi connectivity index (χ0) is 12.6. The average molecular weight is 362 g/mol. The first-order valence-corrected chi connectivity index (χ1v) is 8.51. The van der Waals surface area contributed by atoms with Crippen molar-refractivity contribution in [2.24, 2.45) is 22.2 Å². The Morgan fingerprint density at radius 2 is 1.71 bits per heavy atom. The van der Waals surface area contributed by atoms with E-state index in [2.05, 4.69) is 59.6 Å². The smallest absolute Gasteiger partial charge is 0.0245 e. The summed E-state index contributed by atoms with van der Waals surface area (Å²) in [6.07, 6.45) is 5.40. The van der Waals surface area contributed by atoms with Crippen LogP contribution in [0.5, 0.6) is 0 Å². The molecule has 0 nitrogen and oxygen atoms in total. The second-order valence-corrected chi connectivity index (χ2v) is 9.36. The normalized spacial score (nSPS) is 46.2. The number of rotatable bonds is 0. The molecule has 0 radical (unpaired) electrons. The summed E-state index contributed by atoms with van der Waals surface area (Å²) in [6.45, 7) is 9.88. The van der Waals surface area contributed by atoms with Crippen molar-refractivity contribution < 1.29 is 0 Å². The molecule has 0 saturated heterocycles. The SMILES string of the molecule is CC1(C)CCC(Br)C23CCC(C(Br)=C12)C3(C)C. The van der Waals surface area contributed by atoms with E-state index in [4.69, 9.17) is 0 Å². The largest absolute Gasteiger partial charge is 0.0881 e. The first-order valence-electron chi connectivity index (χ1n) is 6.80. The number of hydrogen-bond donors (Lipinski definition) is 0. The van der Waals surface area contributed by atoms with Crippen molar-refractivity contribution in [3.8, 4) is 0 Å². The third kappa shape index (κ3) is 1.25. The van der Waals surface area contributed by atoms with Crippen LogP contribution in [0.15, 0.2) is 10.1 Å². The van der Waals surface area contributed by atoms with Gasteiger partial charge in [-0.3, -0.25) is 0 Å². The van der Waals surface area contributed by atoms with Gasteiger partial charge in [-0.1, -0.05) is 59.6 Å². The maximum absolute atomic E-state index is 4.04. The Morgan fingerprint density at radius 1 is 1.06 bits per heavy atom. The second-order valence-electron chi connectivity index (χ2n) is 7.40. The lowest BCUT2D eigenvalue weighted by Gasteiger charge is -2.53. The van der Waals surface area contributed by atoms with Crippen LogP contribution < -0.4 is 0 Å². The fraction of sp³-hybridized carbons (Fsp3) is 0.867. The lowest BCUT2D eigenvalue weighted by atomic mass is 9.54. The molecule has 3 aliphatic rings. The lowest BCUT2D eigenvalue weighted by molar-refractivity contribution is 0.0913. The summed E-state index contributed by atoms with van der Waals surface area (Å²) in [4.78, 5) is 0.674. The molecule has 2 heteroatoms. The van der Waals surface area contributed by atoms with Crippen molar-refractivity contribution in [2.45, 2.75) is 58.2 Å². The highest BCUT2D eigenvalue weighted by atomic mass is 79.9. The molecular formula is C15H22Br2. The number of halogens is 2. The Balaban J connectivity index is 2.25. The van der Waals surface area contributed by atoms with Gasteiger partial charge in [0.15, 0.2) is 0 Å². The first-order chi connectivity index (χ1) is 7.75. The van der Waals surface area contributed by atoms with Gasteiger partial charge in [0, 0.05) is 10.2 Å². The van der Waals surface area contributed by atoms with Crippen LogP contribution in [-0.4, -0.2) is 4.83 Å². The standard InChI is InChI=1S/C15H22Br2/c1-13(2)7-6-10(16)15-8-5-9(14(15,3)4)11(17)12(13)15/h9-10H,5-8H2,1-4H3. The number of alkyl halides is 1. The molecule has 2 saturated carbocycles. The van der Waals surface area contributed by atoms with Crippen molar-refractivity contribution in [1.29, 1.82) is 0 Å². The highest BCUT2D eigenvalue weighted by Crippen LogP contribution is 2.76. The molecule has 0 aliphatic heterocycles. The molecule has 0 aromatic carbocycles. The van der Waals surface area contributed by atoms with E-state index in [0.29, 0.717) is 21.1 Å². The molecule has 0 N–H and O–H groups in total. The van der Waals surface area contributed by atoms with E-state index < -0.39 is 0 Å². The molecular weight excluding hydrogens is 340 g/mol. The fourth-order valence-corrected chi connectivity index (χ4v) is 8.12. The highest BCUT2D eigenvalue weighted by molar-refractivity contribution is 9.11. The van der Waals surface area contributed by atoms with E-state index in [1.165, 1.54) is 25.7 Å². The van der Waals surface area contributed by atoms with Gasteiger partial charge in [0.2, 0.25) is 0 Å². The molecule has 2 fully saturated rings. The monoisotopic (exact) mass is 360 g/mol. The Hall–Kier alpha value is 0.700. The topological polar surface area (TPSA) is 0 Å². The summed E-state index contributed by atoms with van der Waals surface area (Å²) in [6, 6.07) is 0. The minimum atomic E-state index is 0.384. The van der Waals surface area contributed by atoms with E-state index >= 15 is 0 Å². The molecule has 3 unspecified atom stereocenters. The van der Waals surface area contributed by atoms with Gasteiger partial charge in [-0.05, 0) is 52.5 Å². The Bertz CT molecular complexity index is 405. The molecule has 0 amide bonds. The molecule has 96 valence electrons. The zero-order valence-corrected chi connectivity index (χ0v) is 14.4. The molecule has 3 atom stereocenters. The van der Waals surface area contributed by atoms with Crippen LogP contribution in [0.4, 0.5) is 0 Å². The van der Waals surface area contributed by atoms with Crippen LogP contribution in [0, 0.1) is 22.2 Å². The van der Waals surface area contributed by atoms with Gasteiger partial charge in [0.05, 0.1) is 0 Å². The summed E-state index contributed by atoms with van der Waals surface area (Å²) >= 11 is 8.01. The van der Waals surface area contributed by atoms with Crippen LogP contribution >= 0.6 is 31.9 Å². The van der Waals surface area contributed by atoms with E-state index in [-0.39, 0.29) is 0 Å². The van der Waals surface area contributed by atoms with Gasteiger partial charge in [-0.2, -0.15) is 0 Å². The second kappa shape index (κ2) is 3.42. The third-order valence-electron chi connectivity index (χ3n) is 6.07. The van der Waals surface area contributed by atoms with Crippen LogP contribution in [0.25, 0.3) is 0 Å². The molecule has 1 spiro atoms. The Labute approximate surface area is 122 Å². The Morgan fingerprint density at radius 3 is 2.29 bits per heavy atom. The van der Waals surface area contributed by atoms with Gasteiger partial charge in [-0.15, -0.1) is 0 Å². The quantitative estimate of drug-likeness (QED) is 0.488. The number of fused-ring (bicyclic) bond motifs is 1. The summed E-state index contributed by atoms with van der Waals surface area (Å²) in [7, 11) is 0. The summed E-state index contributed by atoms with van der Waals surface area (Å²) in [5.74, 6) is 0.759. The van der Waals surface area contributed by atoms with Crippen molar-refractivity contribution in [1.82, 2.24) is 0 Å². The van der Waals surface area contributed by atoms with Crippen LogP contribution in [-0.2, 0) is 0 Å². The van der Waals surface area contributed by atoms with Gasteiger partial charge >= 0.3 is 0 Å². The summed E-state index contributed by atoms with van der Waals surface area (Å²) < 4.78 is 1.56.